The number of carbonyl (C=O) groups excluding carboxylic acids is 1. The van der Waals surface area contributed by atoms with Crippen LogP contribution in [0.5, 0.6) is 0 Å². The molecule has 2 fully saturated rings. The van der Waals surface area contributed by atoms with Crippen LogP contribution in [0.2, 0.25) is 0 Å². The number of hydrogen-bond acceptors (Lipinski definition) is 5. The maximum Gasteiger partial charge on any atom is 0.230 e. The van der Waals surface area contributed by atoms with Gasteiger partial charge in [0.15, 0.2) is 5.16 Å². The van der Waals surface area contributed by atoms with Gasteiger partial charge in [0.1, 0.15) is 5.82 Å². The highest BCUT2D eigenvalue weighted by Crippen LogP contribution is 2.38. The molecular weight excluding hydrogens is 276 g/mol. The molecule has 20 heavy (non-hydrogen) atoms. The van der Waals surface area contributed by atoms with Crippen molar-refractivity contribution in [1.29, 1.82) is 0 Å². The van der Waals surface area contributed by atoms with Crippen molar-refractivity contribution >= 4 is 17.7 Å². The van der Waals surface area contributed by atoms with Crippen LogP contribution >= 0.6 is 11.8 Å². The lowest BCUT2D eigenvalue weighted by atomic mass is 10.2. The minimum absolute atomic E-state index is 0.0356. The van der Waals surface area contributed by atoms with Crippen molar-refractivity contribution in [2.24, 2.45) is 0 Å². The highest BCUT2D eigenvalue weighted by atomic mass is 32.2. The third kappa shape index (κ3) is 3.32. The van der Waals surface area contributed by atoms with Crippen LogP contribution in [0.25, 0.3) is 0 Å². The quantitative estimate of drug-likeness (QED) is 0.802. The van der Waals surface area contributed by atoms with Gasteiger partial charge in [-0.15, -0.1) is 10.2 Å². The molecule has 7 heteroatoms. The largest absolute Gasteiger partial charge is 0.376 e. The first-order valence-corrected chi connectivity index (χ1v) is 8.15. The Labute approximate surface area is 122 Å². The molecule has 1 aliphatic heterocycles. The number of thioether (sulfide) groups is 1. The zero-order valence-electron chi connectivity index (χ0n) is 11.7. The number of hydrogen-bond donors (Lipinski definition) is 1. The highest BCUT2D eigenvalue weighted by molar-refractivity contribution is 7.99. The molecule has 1 aliphatic carbocycles. The minimum atomic E-state index is 0.0356. The second-order valence-corrected chi connectivity index (χ2v) is 6.30. The van der Waals surface area contributed by atoms with Crippen LogP contribution in [-0.2, 0) is 9.53 Å². The van der Waals surface area contributed by atoms with Gasteiger partial charge in [0, 0.05) is 19.2 Å². The Morgan fingerprint density at radius 1 is 1.45 bits per heavy atom. The summed E-state index contributed by atoms with van der Waals surface area (Å²) in [5.74, 6) is 1.36. The summed E-state index contributed by atoms with van der Waals surface area (Å²) in [7, 11) is 0. The Hall–Kier alpha value is -1.08. The zero-order valence-corrected chi connectivity index (χ0v) is 12.5. The Morgan fingerprint density at radius 2 is 2.30 bits per heavy atom. The first-order valence-electron chi connectivity index (χ1n) is 7.16. The van der Waals surface area contributed by atoms with Gasteiger partial charge in [-0.2, -0.15) is 0 Å². The molecule has 0 aromatic carbocycles. The van der Waals surface area contributed by atoms with E-state index in [0.717, 1.165) is 30.4 Å². The molecule has 1 amide bonds. The highest BCUT2D eigenvalue weighted by Gasteiger charge is 2.28. The van der Waals surface area contributed by atoms with E-state index >= 15 is 0 Å². The molecule has 2 aliphatic rings. The SMILES string of the molecule is Cc1nnc(SCC(=O)NCC2CCCO2)n1C1CC1. The number of aromatic nitrogens is 3. The van der Waals surface area contributed by atoms with Gasteiger partial charge in [0.25, 0.3) is 0 Å². The molecule has 0 spiro atoms. The molecule has 1 atom stereocenters. The van der Waals surface area contributed by atoms with Crippen LogP contribution in [-0.4, -0.2) is 45.7 Å². The molecule has 6 nitrogen and oxygen atoms in total. The molecule has 1 aromatic heterocycles. The van der Waals surface area contributed by atoms with Crippen molar-refractivity contribution in [3.05, 3.63) is 5.82 Å². The fourth-order valence-electron chi connectivity index (χ4n) is 2.42. The van der Waals surface area contributed by atoms with E-state index in [1.165, 1.54) is 24.6 Å². The first kappa shape index (κ1) is 13.9. The lowest BCUT2D eigenvalue weighted by molar-refractivity contribution is -0.119. The molecule has 0 bridgehead atoms. The van der Waals surface area contributed by atoms with Crippen LogP contribution in [0.4, 0.5) is 0 Å². The normalized spacial score (nSPS) is 22.1. The van der Waals surface area contributed by atoms with Gasteiger partial charge in [-0.05, 0) is 32.6 Å². The number of amides is 1. The monoisotopic (exact) mass is 296 g/mol. The van der Waals surface area contributed by atoms with Crippen molar-refractivity contribution in [2.45, 2.75) is 49.9 Å². The molecule has 1 N–H and O–H groups in total. The van der Waals surface area contributed by atoms with Gasteiger partial charge >= 0.3 is 0 Å². The van der Waals surface area contributed by atoms with E-state index in [0.29, 0.717) is 18.3 Å². The Bertz CT molecular complexity index is 481. The van der Waals surface area contributed by atoms with E-state index in [2.05, 4.69) is 20.1 Å². The molecule has 1 aromatic rings. The average Bonchev–Trinajstić information content (AvgIpc) is 3.00. The van der Waals surface area contributed by atoms with E-state index in [-0.39, 0.29) is 12.0 Å². The summed E-state index contributed by atoms with van der Waals surface area (Å²) in [6.45, 7) is 3.40. The maximum atomic E-state index is 11.8. The van der Waals surface area contributed by atoms with E-state index in [4.69, 9.17) is 4.74 Å². The summed E-state index contributed by atoms with van der Waals surface area (Å²) in [4.78, 5) is 11.8. The van der Waals surface area contributed by atoms with Crippen molar-refractivity contribution in [2.75, 3.05) is 18.9 Å². The van der Waals surface area contributed by atoms with Crippen LogP contribution in [0.3, 0.4) is 0 Å². The van der Waals surface area contributed by atoms with Crippen molar-refractivity contribution in [3.8, 4) is 0 Å². The third-order valence-corrected chi connectivity index (χ3v) is 4.57. The lowest BCUT2D eigenvalue weighted by Crippen LogP contribution is -2.32. The first-order chi connectivity index (χ1) is 9.74. The molecule has 3 rings (SSSR count). The summed E-state index contributed by atoms with van der Waals surface area (Å²) >= 11 is 1.46. The number of nitrogens with zero attached hydrogens (tertiary/aromatic N) is 3. The Kier molecular flexibility index (Phi) is 4.26. The van der Waals surface area contributed by atoms with Gasteiger partial charge in [0.05, 0.1) is 11.9 Å². The predicted molar refractivity (Wildman–Crippen MR) is 75.7 cm³/mol. The van der Waals surface area contributed by atoms with E-state index in [9.17, 15) is 4.79 Å². The van der Waals surface area contributed by atoms with Crippen molar-refractivity contribution in [3.63, 3.8) is 0 Å². The van der Waals surface area contributed by atoms with Crippen molar-refractivity contribution in [1.82, 2.24) is 20.1 Å². The Balaban J connectivity index is 1.45. The summed E-state index contributed by atoms with van der Waals surface area (Å²) < 4.78 is 7.63. The fraction of sp³-hybridized carbons (Fsp3) is 0.769. The maximum absolute atomic E-state index is 11.8. The second-order valence-electron chi connectivity index (χ2n) is 5.36. The smallest absolute Gasteiger partial charge is 0.230 e. The summed E-state index contributed by atoms with van der Waals surface area (Å²) in [6.07, 6.45) is 4.72. The van der Waals surface area contributed by atoms with Gasteiger partial charge < -0.3 is 14.6 Å². The molecular formula is C13H20N4O2S. The third-order valence-electron chi connectivity index (χ3n) is 3.63. The minimum Gasteiger partial charge on any atom is -0.376 e. The van der Waals surface area contributed by atoms with Gasteiger partial charge in [-0.1, -0.05) is 11.8 Å². The van der Waals surface area contributed by atoms with E-state index < -0.39 is 0 Å². The molecule has 1 unspecified atom stereocenters. The topological polar surface area (TPSA) is 69.0 Å². The summed E-state index contributed by atoms with van der Waals surface area (Å²) in [5.41, 5.74) is 0. The number of rotatable bonds is 6. The lowest BCUT2D eigenvalue weighted by Gasteiger charge is -2.10. The Morgan fingerprint density at radius 3 is 3.00 bits per heavy atom. The average molecular weight is 296 g/mol. The van der Waals surface area contributed by atoms with Gasteiger partial charge in [0.2, 0.25) is 5.91 Å². The number of ether oxygens (including phenoxy) is 1. The number of nitrogens with one attached hydrogen (secondary N) is 1. The number of carbonyl (C=O) groups is 1. The molecule has 0 radical (unpaired) electrons. The van der Waals surface area contributed by atoms with Crippen LogP contribution < -0.4 is 5.32 Å². The second kappa shape index (κ2) is 6.13. The van der Waals surface area contributed by atoms with Crippen LogP contribution in [0, 0.1) is 6.92 Å². The summed E-state index contributed by atoms with van der Waals surface area (Å²) in [6, 6.07) is 0.544. The molecule has 2 heterocycles. The van der Waals surface area contributed by atoms with Gasteiger partial charge in [-0.3, -0.25) is 4.79 Å². The van der Waals surface area contributed by atoms with Gasteiger partial charge in [-0.25, -0.2) is 0 Å². The summed E-state index contributed by atoms with van der Waals surface area (Å²) in [5, 5.41) is 12.0. The standard InChI is InChI=1S/C13H20N4O2S/c1-9-15-16-13(17(9)10-4-5-10)20-8-12(18)14-7-11-3-2-6-19-11/h10-11H,2-8H2,1H3,(H,14,18). The van der Waals surface area contributed by atoms with Crippen LogP contribution in [0.15, 0.2) is 5.16 Å². The fourth-order valence-corrected chi connectivity index (χ4v) is 3.30. The zero-order chi connectivity index (χ0) is 13.9. The van der Waals surface area contributed by atoms with Crippen molar-refractivity contribution < 1.29 is 9.53 Å². The molecule has 1 saturated heterocycles. The number of aryl methyl sites for hydroxylation is 1. The molecule has 1 saturated carbocycles. The molecule has 110 valence electrons. The predicted octanol–water partition coefficient (Wildman–Crippen LogP) is 1.31. The van der Waals surface area contributed by atoms with E-state index in [1.54, 1.807) is 0 Å². The van der Waals surface area contributed by atoms with Crippen LogP contribution in [0.1, 0.15) is 37.5 Å². The van der Waals surface area contributed by atoms with E-state index in [1.807, 2.05) is 6.92 Å².